The zero-order valence-electron chi connectivity index (χ0n) is 25.4. The second-order valence-corrected chi connectivity index (χ2v) is 10.7. The van der Waals surface area contributed by atoms with E-state index in [1.54, 1.807) is 36.8 Å². The fourth-order valence-electron chi connectivity index (χ4n) is 4.40. The first kappa shape index (κ1) is 32.0. The number of pyridine rings is 1. The smallest absolute Gasteiger partial charge is 0.416 e. The molecule has 0 atom stereocenters. The normalized spacial score (nSPS) is 13.6. The van der Waals surface area contributed by atoms with Crippen LogP contribution < -0.4 is 20.7 Å². The molecular formula is C32H32F3N9O2. The largest absolute Gasteiger partial charge is 0.492 e. The molecule has 1 aliphatic rings. The van der Waals surface area contributed by atoms with Crippen molar-refractivity contribution in [3.05, 3.63) is 95.2 Å². The molecule has 0 saturated heterocycles. The molecule has 4 aromatic rings. The summed E-state index contributed by atoms with van der Waals surface area (Å²) in [6, 6.07) is 11.8. The summed E-state index contributed by atoms with van der Waals surface area (Å²) < 4.78 is 46.4. The van der Waals surface area contributed by atoms with E-state index < -0.39 is 17.6 Å². The van der Waals surface area contributed by atoms with E-state index in [2.05, 4.69) is 40.9 Å². The quantitative estimate of drug-likeness (QED) is 0.203. The number of carbonyl (C=O) groups is 1. The number of fused-ring (bicyclic) bond motifs is 1. The highest BCUT2D eigenvalue weighted by Crippen LogP contribution is 2.35. The summed E-state index contributed by atoms with van der Waals surface area (Å²) in [5.41, 5.74) is 2.79. The highest BCUT2D eigenvalue weighted by atomic mass is 19.4. The minimum Gasteiger partial charge on any atom is -0.492 e. The third kappa shape index (κ3) is 8.41. The van der Waals surface area contributed by atoms with Gasteiger partial charge in [0.05, 0.1) is 17.8 Å². The Morgan fingerprint density at radius 3 is 2.74 bits per heavy atom. The zero-order chi connectivity index (χ0) is 32.7. The minimum atomic E-state index is -4.63. The molecule has 2 aromatic heterocycles. The second kappa shape index (κ2) is 14.2. The van der Waals surface area contributed by atoms with E-state index >= 15 is 0 Å². The summed E-state index contributed by atoms with van der Waals surface area (Å²) in [6.45, 7) is 2.91. The van der Waals surface area contributed by atoms with E-state index in [9.17, 15) is 18.0 Å². The SMILES string of the molecule is Cc1ccc(C(=O)Nc2cc(OCCN(C)C)cc(C(F)(F)F)c2)cc1Nc1ncnc2c1NC(=NCc1cccnc1)N=CC2. The number of rotatable bonds is 10. The number of nitrogens with one attached hydrogen (secondary N) is 3. The molecule has 238 valence electrons. The van der Waals surface area contributed by atoms with Crippen LogP contribution in [-0.4, -0.2) is 65.2 Å². The second-order valence-electron chi connectivity index (χ2n) is 10.7. The van der Waals surface area contributed by atoms with Crippen molar-refractivity contribution in [1.82, 2.24) is 19.9 Å². The Morgan fingerprint density at radius 2 is 1.98 bits per heavy atom. The average molecular weight is 632 g/mol. The van der Waals surface area contributed by atoms with Crippen molar-refractivity contribution in [2.75, 3.05) is 43.2 Å². The molecule has 1 amide bonds. The molecule has 14 heteroatoms. The van der Waals surface area contributed by atoms with Gasteiger partial charge >= 0.3 is 6.18 Å². The molecule has 0 aliphatic carbocycles. The van der Waals surface area contributed by atoms with Crippen LogP contribution >= 0.6 is 0 Å². The van der Waals surface area contributed by atoms with E-state index in [1.807, 2.05) is 38.1 Å². The van der Waals surface area contributed by atoms with Crippen LogP contribution in [0.1, 0.15) is 32.7 Å². The molecule has 0 radical (unpaired) electrons. The first-order valence-corrected chi connectivity index (χ1v) is 14.3. The number of amides is 1. The lowest BCUT2D eigenvalue weighted by Crippen LogP contribution is -2.20. The zero-order valence-corrected chi connectivity index (χ0v) is 25.4. The summed E-state index contributed by atoms with van der Waals surface area (Å²) in [4.78, 5) is 37.0. The summed E-state index contributed by atoms with van der Waals surface area (Å²) in [5.74, 6) is 0.209. The topological polar surface area (TPSA) is 129 Å². The average Bonchev–Trinajstić information content (AvgIpc) is 3.23. The number of hydrogen-bond donors (Lipinski definition) is 3. The van der Waals surface area contributed by atoms with Crippen molar-refractivity contribution in [2.24, 2.45) is 9.98 Å². The maximum absolute atomic E-state index is 13.6. The van der Waals surface area contributed by atoms with Gasteiger partial charge in [-0.3, -0.25) is 9.78 Å². The number of alkyl halides is 3. The number of aliphatic imine (C=N–C) groups is 2. The van der Waals surface area contributed by atoms with Crippen LogP contribution in [0, 0.1) is 6.92 Å². The van der Waals surface area contributed by atoms with E-state index in [0.29, 0.717) is 48.4 Å². The monoisotopic (exact) mass is 631 g/mol. The van der Waals surface area contributed by atoms with Gasteiger partial charge in [0.25, 0.3) is 5.91 Å². The Hall–Kier alpha value is -5.37. The fraction of sp³-hybridized carbons (Fsp3) is 0.250. The van der Waals surface area contributed by atoms with Crippen molar-refractivity contribution in [2.45, 2.75) is 26.1 Å². The summed E-state index contributed by atoms with van der Waals surface area (Å²) in [6.07, 6.45) is 2.36. The molecule has 0 fully saturated rings. The maximum Gasteiger partial charge on any atom is 0.416 e. The lowest BCUT2D eigenvalue weighted by Gasteiger charge is -2.17. The number of nitrogens with zero attached hydrogens (tertiary/aromatic N) is 6. The van der Waals surface area contributed by atoms with Gasteiger partial charge in [-0.15, -0.1) is 0 Å². The van der Waals surface area contributed by atoms with E-state index in [-0.39, 0.29) is 23.6 Å². The fourth-order valence-corrected chi connectivity index (χ4v) is 4.40. The Balaban J connectivity index is 1.36. The van der Waals surface area contributed by atoms with Gasteiger partial charge in [0.1, 0.15) is 24.4 Å². The van der Waals surface area contributed by atoms with Crippen molar-refractivity contribution >= 4 is 41.0 Å². The summed E-state index contributed by atoms with van der Waals surface area (Å²) in [5, 5.41) is 9.06. The molecule has 2 aromatic carbocycles. The standard InChI is InChI=1S/C32H32F3N9O2/c1-20-6-7-22(30(45)41-24-14-23(32(33,34)35)15-25(16-24)46-12-11-44(2)3)13-27(20)42-29-28-26(39-19-40-29)8-10-37-31(43-28)38-18-21-5-4-9-36-17-21/h4-7,9-10,13-17,19H,8,11-12,18H2,1-3H3,(H,38,43)(H,41,45)(H,39,40,42). The number of benzene rings is 2. The summed E-state index contributed by atoms with van der Waals surface area (Å²) in [7, 11) is 3.66. The van der Waals surface area contributed by atoms with Gasteiger partial charge < -0.3 is 25.6 Å². The van der Waals surface area contributed by atoms with Gasteiger partial charge in [-0.05, 0) is 62.5 Å². The third-order valence-corrected chi connectivity index (χ3v) is 6.85. The number of likely N-dealkylation sites (N-methyl/N-ethyl adjacent to an activating group) is 1. The Kier molecular flexibility index (Phi) is 9.86. The molecule has 0 spiro atoms. The van der Waals surface area contributed by atoms with Crippen LogP contribution in [0.4, 0.5) is 36.1 Å². The molecule has 0 saturated carbocycles. The molecule has 1 aliphatic heterocycles. The first-order valence-electron chi connectivity index (χ1n) is 14.3. The predicted molar refractivity (Wildman–Crippen MR) is 171 cm³/mol. The Labute approximate surface area is 263 Å². The van der Waals surface area contributed by atoms with E-state index in [0.717, 1.165) is 23.3 Å². The van der Waals surface area contributed by atoms with Crippen LogP contribution in [0.2, 0.25) is 0 Å². The van der Waals surface area contributed by atoms with Gasteiger partial charge in [-0.25, -0.2) is 20.0 Å². The number of guanidine groups is 1. The molecule has 11 nitrogen and oxygen atoms in total. The maximum atomic E-state index is 13.6. The molecule has 3 heterocycles. The van der Waals surface area contributed by atoms with Crippen molar-refractivity contribution in [3.63, 3.8) is 0 Å². The van der Waals surface area contributed by atoms with Gasteiger partial charge in [0.2, 0.25) is 5.96 Å². The molecule has 0 bridgehead atoms. The number of carbonyl (C=O) groups excluding carboxylic acids is 1. The highest BCUT2D eigenvalue weighted by Gasteiger charge is 2.32. The van der Waals surface area contributed by atoms with Gasteiger partial charge in [0.15, 0.2) is 5.82 Å². The molecule has 5 rings (SSSR count). The molecule has 46 heavy (non-hydrogen) atoms. The minimum absolute atomic E-state index is 0.00233. The highest BCUT2D eigenvalue weighted by molar-refractivity contribution is 6.06. The van der Waals surface area contributed by atoms with E-state index in [4.69, 9.17) is 4.74 Å². The lowest BCUT2D eigenvalue weighted by molar-refractivity contribution is -0.137. The number of ether oxygens (including phenoxy) is 1. The first-order chi connectivity index (χ1) is 22.0. The number of aryl methyl sites for hydroxylation is 1. The van der Waals surface area contributed by atoms with Gasteiger partial charge in [-0.2, -0.15) is 13.2 Å². The number of hydrogen-bond acceptors (Lipinski definition) is 8. The van der Waals surface area contributed by atoms with E-state index in [1.165, 1.54) is 12.4 Å². The van der Waals surface area contributed by atoms with Crippen molar-refractivity contribution in [1.29, 1.82) is 0 Å². The third-order valence-electron chi connectivity index (χ3n) is 6.85. The predicted octanol–water partition coefficient (Wildman–Crippen LogP) is 5.73. The van der Waals surface area contributed by atoms with Crippen molar-refractivity contribution in [3.8, 4) is 5.75 Å². The van der Waals surface area contributed by atoms with Gasteiger partial charge in [0, 0.05) is 54.6 Å². The Bertz CT molecular complexity index is 1760. The van der Waals surface area contributed by atoms with Crippen LogP contribution in [0.15, 0.2) is 77.2 Å². The molecule has 0 unspecified atom stereocenters. The lowest BCUT2D eigenvalue weighted by atomic mass is 10.1. The number of aromatic nitrogens is 3. The van der Waals surface area contributed by atoms with Gasteiger partial charge in [-0.1, -0.05) is 12.1 Å². The Morgan fingerprint density at radius 1 is 1.13 bits per heavy atom. The van der Waals surface area contributed by atoms with Crippen molar-refractivity contribution < 1.29 is 22.7 Å². The van der Waals surface area contributed by atoms with Crippen LogP contribution in [0.25, 0.3) is 0 Å². The molecular weight excluding hydrogens is 599 g/mol. The number of anilines is 4. The molecule has 3 N–H and O–H groups in total. The van der Waals surface area contributed by atoms with Crippen LogP contribution in [0.5, 0.6) is 5.75 Å². The number of halogens is 3. The summed E-state index contributed by atoms with van der Waals surface area (Å²) >= 11 is 0. The van der Waals surface area contributed by atoms with Crippen LogP contribution in [0.3, 0.4) is 0 Å². The van der Waals surface area contributed by atoms with Crippen LogP contribution in [-0.2, 0) is 19.1 Å².